The van der Waals surface area contributed by atoms with Crippen LogP contribution in [-0.4, -0.2) is 49.9 Å². The smallest absolute Gasteiger partial charge is 0.224 e. The highest BCUT2D eigenvalue weighted by atomic mass is 19.1. The van der Waals surface area contributed by atoms with Crippen LogP contribution in [0.4, 0.5) is 30.8 Å². The third kappa shape index (κ3) is 4.09. The lowest BCUT2D eigenvalue weighted by Crippen LogP contribution is -2.29. The fraction of sp³-hybridized carbons (Fsp3) is 0.476. The number of ether oxygens (including phenoxy) is 1. The molecule has 32 heavy (non-hydrogen) atoms. The van der Waals surface area contributed by atoms with Crippen LogP contribution < -0.4 is 10.6 Å². The van der Waals surface area contributed by atoms with Crippen molar-refractivity contribution in [3.63, 3.8) is 0 Å². The van der Waals surface area contributed by atoms with Crippen molar-refractivity contribution in [2.45, 2.75) is 50.2 Å². The number of anilines is 3. The first kappa shape index (κ1) is 16.7. The molecule has 0 radical (unpaired) electrons. The molecule has 3 aromatic rings. The topological polar surface area (TPSA) is 97.1 Å². The van der Waals surface area contributed by atoms with Crippen LogP contribution in [0.15, 0.2) is 18.3 Å². The molecule has 0 spiro atoms. The molecule has 2 aromatic heterocycles. The monoisotopic (exact) mass is 452 g/mol. The number of imidazole rings is 1. The van der Waals surface area contributed by atoms with E-state index in [2.05, 4.69) is 25.6 Å². The van der Waals surface area contributed by atoms with Crippen molar-refractivity contribution >= 4 is 28.7 Å². The van der Waals surface area contributed by atoms with Gasteiger partial charge in [-0.1, -0.05) is 0 Å². The van der Waals surface area contributed by atoms with Gasteiger partial charge in [0.15, 0.2) is 17.3 Å². The highest BCUT2D eigenvalue weighted by Crippen LogP contribution is 2.32. The Labute approximate surface area is 187 Å². The molecule has 1 saturated heterocycles. The molecular formula is C21H23F3N6O2. The molecule has 170 valence electrons. The Bertz CT molecular complexity index is 1300. The van der Waals surface area contributed by atoms with Gasteiger partial charge >= 0.3 is 0 Å². The summed E-state index contributed by atoms with van der Waals surface area (Å²) >= 11 is 0. The number of nitrogens with one attached hydrogen (secondary N) is 2. The van der Waals surface area contributed by atoms with Crippen molar-refractivity contribution in [2.75, 3.05) is 23.8 Å². The van der Waals surface area contributed by atoms with Crippen LogP contribution in [0.5, 0.6) is 0 Å². The SMILES string of the molecule is [2H]C1(O)CCC([2H])(Nc2ncc3nc(Nc4c(F)cc(F)cc4F)n(C4CCOC4)c3n2)C([2H])([2H])C1. The summed E-state index contributed by atoms with van der Waals surface area (Å²) in [5.74, 6) is -3.43. The molecule has 3 atom stereocenters. The van der Waals surface area contributed by atoms with E-state index in [1.54, 1.807) is 4.57 Å². The molecule has 2 fully saturated rings. The summed E-state index contributed by atoms with van der Waals surface area (Å²) in [6.07, 6.45) is -3.25. The first-order chi connectivity index (χ1) is 16.9. The van der Waals surface area contributed by atoms with E-state index in [0.717, 1.165) is 0 Å². The van der Waals surface area contributed by atoms with Crippen LogP contribution in [0, 0.1) is 17.5 Å². The first-order valence-corrected chi connectivity index (χ1v) is 10.1. The summed E-state index contributed by atoms with van der Waals surface area (Å²) < 4.78 is 82.0. The van der Waals surface area contributed by atoms with Crippen LogP contribution in [0.2, 0.25) is 0 Å². The summed E-state index contributed by atoms with van der Waals surface area (Å²) in [7, 11) is 0. The maximum absolute atomic E-state index is 14.3. The zero-order valence-corrected chi connectivity index (χ0v) is 16.8. The number of hydrogen-bond donors (Lipinski definition) is 3. The minimum absolute atomic E-state index is 0.0178. The standard InChI is InChI=1S/C21H23F3N6O2/c22-11-7-15(23)18(16(24)8-11)28-21-27-17-9-25-20(26-12-1-3-14(31)4-2-12)29-19(17)30(21)13-5-6-32-10-13/h7-9,12-14,31H,1-6,10H2,(H,27,28)(H,25,26,29)/i1D2,12D,14D. The van der Waals surface area contributed by atoms with Crippen LogP contribution in [-0.2, 0) is 4.74 Å². The number of aromatic nitrogens is 4. The second-order valence-corrected chi connectivity index (χ2v) is 7.62. The molecule has 8 nitrogen and oxygen atoms in total. The van der Waals surface area contributed by atoms with Gasteiger partial charge in [0.2, 0.25) is 11.9 Å². The Balaban J connectivity index is 1.54. The van der Waals surface area contributed by atoms with E-state index in [-0.39, 0.29) is 48.6 Å². The van der Waals surface area contributed by atoms with Gasteiger partial charge in [-0.05, 0) is 32.1 Å². The van der Waals surface area contributed by atoms with Crippen LogP contribution in [0.25, 0.3) is 11.2 Å². The largest absolute Gasteiger partial charge is 0.393 e. The van der Waals surface area contributed by atoms with Gasteiger partial charge in [-0.3, -0.25) is 4.57 Å². The molecule has 1 aliphatic heterocycles. The van der Waals surface area contributed by atoms with Crippen LogP contribution in [0.3, 0.4) is 0 Å². The number of rotatable bonds is 5. The summed E-state index contributed by atoms with van der Waals surface area (Å²) in [4.78, 5) is 12.9. The molecule has 0 bridgehead atoms. The highest BCUT2D eigenvalue weighted by Gasteiger charge is 2.27. The molecule has 2 aliphatic rings. The molecule has 0 amide bonds. The molecule has 3 heterocycles. The van der Waals surface area contributed by atoms with Crippen molar-refractivity contribution in [3.8, 4) is 0 Å². The quantitative estimate of drug-likeness (QED) is 0.544. The Morgan fingerprint density at radius 3 is 2.69 bits per heavy atom. The second-order valence-electron chi connectivity index (χ2n) is 7.62. The Hall–Kier alpha value is -2.92. The van der Waals surface area contributed by atoms with Gasteiger partial charge in [-0.25, -0.2) is 23.1 Å². The van der Waals surface area contributed by atoms with Gasteiger partial charge in [-0.2, -0.15) is 4.98 Å². The summed E-state index contributed by atoms with van der Waals surface area (Å²) in [6, 6.07) is -1.14. The molecule has 3 unspecified atom stereocenters. The zero-order valence-electron chi connectivity index (χ0n) is 20.8. The van der Waals surface area contributed by atoms with Crippen molar-refractivity contribution in [1.82, 2.24) is 19.5 Å². The van der Waals surface area contributed by atoms with Crippen LogP contribution in [0.1, 0.15) is 43.6 Å². The number of nitrogens with zero attached hydrogens (tertiary/aromatic N) is 4. The molecule has 11 heteroatoms. The lowest BCUT2D eigenvalue weighted by atomic mass is 9.93. The minimum Gasteiger partial charge on any atom is -0.393 e. The average molecular weight is 452 g/mol. The van der Waals surface area contributed by atoms with Gasteiger partial charge in [0, 0.05) is 27.5 Å². The molecule has 1 aliphatic carbocycles. The van der Waals surface area contributed by atoms with E-state index in [1.165, 1.54) is 6.20 Å². The molecule has 1 aromatic carbocycles. The second kappa shape index (κ2) is 8.55. The number of aliphatic hydroxyl groups is 1. The Morgan fingerprint density at radius 2 is 1.97 bits per heavy atom. The fourth-order valence-electron chi connectivity index (χ4n) is 3.78. The fourth-order valence-corrected chi connectivity index (χ4v) is 3.78. The minimum atomic E-state index is -2.27. The summed E-state index contributed by atoms with van der Waals surface area (Å²) in [5.41, 5.74) is -0.101. The van der Waals surface area contributed by atoms with E-state index in [9.17, 15) is 18.3 Å². The highest BCUT2D eigenvalue weighted by molar-refractivity contribution is 5.76. The van der Waals surface area contributed by atoms with Crippen molar-refractivity contribution in [3.05, 3.63) is 35.8 Å². The average Bonchev–Trinajstić information content (AvgIpc) is 3.40. The lowest BCUT2D eigenvalue weighted by Gasteiger charge is -2.26. The van der Waals surface area contributed by atoms with E-state index in [4.69, 9.17) is 10.2 Å². The van der Waals surface area contributed by atoms with E-state index in [1.807, 2.05) is 0 Å². The van der Waals surface area contributed by atoms with Gasteiger partial charge in [0.05, 0.1) is 27.7 Å². The lowest BCUT2D eigenvalue weighted by molar-refractivity contribution is 0.126. The van der Waals surface area contributed by atoms with Crippen LogP contribution >= 0.6 is 0 Å². The predicted molar refractivity (Wildman–Crippen MR) is 111 cm³/mol. The third-order valence-electron chi connectivity index (χ3n) is 5.38. The van der Waals surface area contributed by atoms with Crippen molar-refractivity contribution in [2.24, 2.45) is 0 Å². The van der Waals surface area contributed by atoms with E-state index in [0.29, 0.717) is 25.2 Å². The molecule has 5 rings (SSSR count). The van der Waals surface area contributed by atoms with Gasteiger partial charge in [0.25, 0.3) is 0 Å². The Morgan fingerprint density at radius 1 is 1.16 bits per heavy atom. The summed E-state index contributed by atoms with van der Waals surface area (Å²) in [6.45, 7) is 0.708. The first-order valence-electron chi connectivity index (χ1n) is 12.1. The number of halogens is 3. The molecular weight excluding hydrogens is 425 g/mol. The number of hydrogen-bond acceptors (Lipinski definition) is 7. The van der Waals surface area contributed by atoms with E-state index >= 15 is 0 Å². The molecule has 3 N–H and O–H groups in total. The molecule has 1 saturated carbocycles. The van der Waals surface area contributed by atoms with Crippen molar-refractivity contribution < 1.29 is 28.5 Å². The maximum atomic E-state index is 14.3. The predicted octanol–water partition coefficient (Wildman–Crippen LogP) is 3.66. The van der Waals surface area contributed by atoms with Crippen molar-refractivity contribution in [1.29, 1.82) is 0 Å². The Kier molecular flexibility index (Phi) is 4.45. The zero-order chi connectivity index (χ0) is 25.9. The van der Waals surface area contributed by atoms with Gasteiger partial charge in [0.1, 0.15) is 17.0 Å². The third-order valence-corrected chi connectivity index (χ3v) is 5.38. The number of fused-ring (bicyclic) bond motifs is 1. The van der Waals surface area contributed by atoms with E-state index < -0.39 is 48.0 Å². The van der Waals surface area contributed by atoms with Gasteiger partial charge < -0.3 is 20.5 Å². The maximum Gasteiger partial charge on any atom is 0.224 e. The van der Waals surface area contributed by atoms with Gasteiger partial charge in [-0.15, -0.1) is 0 Å². The summed E-state index contributed by atoms with van der Waals surface area (Å²) in [5, 5.41) is 15.2. The number of benzene rings is 1. The normalized spacial score (nSPS) is 31.6.